The monoisotopic (exact) mass is 283 g/mol. The van der Waals surface area contributed by atoms with Crippen molar-refractivity contribution in [3.05, 3.63) is 28.2 Å². The van der Waals surface area contributed by atoms with Gasteiger partial charge in [0.1, 0.15) is 5.82 Å². The first-order valence-electron chi connectivity index (χ1n) is 5.39. The Labute approximate surface area is 115 Å². The molecule has 2 heterocycles. The Bertz CT molecular complexity index is 561. The van der Waals surface area contributed by atoms with E-state index in [1.807, 2.05) is 20.9 Å². The number of aromatic nitrogens is 4. The molecule has 18 heavy (non-hydrogen) atoms. The highest BCUT2D eigenvalue weighted by atomic mass is 35.5. The Hall–Kier alpha value is -1.27. The molecule has 0 saturated heterocycles. The van der Waals surface area contributed by atoms with Gasteiger partial charge in [0.25, 0.3) is 0 Å². The van der Waals surface area contributed by atoms with E-state index in [0.717, 1.165) is 17.1 Å². The normalized spacial score (nSPS) is 10.9. The Morgan fingerprint density at radius 3 is 2.67 bits per heavy atom. The average Bonchev–Trinajstić information content (AvgIpc) is 2.50. The summed E-state index contributed by atoms with van der Waals surface area (Å²) in [6, 6.07) is 1.74. The van der Waals surface area contributed by atoms with Crippen LogP contribution in [0.25, 0.3) is 0 Å². The minimum Gasteiger partial charge on any atom is -0.384 e. The molecular formula is C11H14ClN5S. The molecule has 0 bridgehead atoms. The third-order valence-electron chi connectivity index (χ3n) is 2.45. The highest BCUT2D eigenvalue weighted by Crippen LogP contribution is 2.26. The van der Waals surface area contributed by atoms with Gasteiger partial charge in [-0.15, -0.1) is 0 Å². The second kappa shape index (κ2) is 5.16. The van der Waals surface area contributed by atoms with Gasteiger partial charge in [-0.25, -0.2) is 9.97 Å². The van der Waals surface area contributed by atoms with Crippen LogP contribution in [-0.4, -0.2) is 19.7 Å². The molecule has 2 aromatic rings. The maximum Gasteiger partial charge on any atom is 0.190 e. The van der Waals surface area contributed by atoms with Crippen molar-refractivity contribution in [2.45, 2.75) is 24.8 Å². The number of nitrogens with zero attached hydrogens (tertiary/aromatic N) is 4. The summed E-state index contributed by atoms with van der Waals surface area (Å²) in [6.45, 7) is 3.78. The number of hydrogen-bond acceptors (Lipinski definition) is 5. The zero-order valence-corrected chi connectivity index (χ0v) is 12.0. The highest BCUT2D eigenvalue weighted by Gasteiger charge is 2.12. The number of thioether (sulfide) groups is 1. The summed E-state index contributed by atoms with van der Waals surface area (Å²) in [5.41, 5.74) is 8.34. The number of halogens is 1. The highest BCUT2D eigenvalue weighted by molar-refractivity contribution is 7.98. The zero-order valence-electron chi connectivity index (χ0n) is 10.4. The standard InChI is InChI=1S/C11H14ClN5S/c1-6-4-9(13)15-11(14-6)18-5-8-10(12)7(2)16-17(8)3/h4H,5H2,1-3H3,(H2,13,14,15). The molecule has 0 fully saturated rings. The number of anilines is 1. The Kier molecular flexibility index (Phi) is 3.77. The van der Waals surface area contributed by atoms with Gasteiger partial charge in [-0.05, 0) is 13.8 Å². The number of hydrogen-bond donors (Lipinski definition) is 1. The Morgan fingerprint density at radius 1 is 1.39 bits per heavy atom. The van der Waals surface area contributed by atoms with Crippen LogP contribution in [0.15, 0.2) is 11.2 Å². The van der Waals surface area contributed by atoms with E-state index in [9.17, 15) is 0 Å². The van der Waals surface area contributed by atoms with Gasteiger partial charge in [-0.2, -0.15) is 5.10 Å². The maximum atomic E-state index is 6.18. The van der Waals surface area contributed by atoms with Gasteiger partial charge < -0.3 is 5.73 Å². The average molecular weight is 284 g/mol. The zero-order chi connectivity index (χ0) is 13.3. The molecule has 7 heteroatoms. The van der Waals surface area contributed by atoms with Crippen molar-refractivity contribution in [2.24, 2.45) is 7.05 Å². The molecule has 0 unspecified atom stereocenters. The van der Waals surface area contributed by atoms with E-state index in [-0.39, 0.29) is 0 Å². The third kappa shape index (κ3) is 2.76. The van der Waals surface area contributed by atoms with E-state index < -0.39 is 0 Å². The smallest absolute Gasteiger partial charge is 0.190 e. The molecule has 0 aliphatic heterocycles. The molecule has 0 saturated carbocycles. The first-order chi connectivity index (χ1) is 8.47. The molecule has 2 N–H and O–H groups in total. The van der Waals surface area contributed by atoms with Gasteiger partial charge in [0.2, 0.25) is 0 Å². The van der Waals surface area contributed by atoms with E-state index in [1.165, 1.54) is 11.8 Å². The van der Waals surface area contributed by atoms with Crippen LogP contribution in [0.1, 0.15) is 17.1 Å². The first kappa shape index (κ1) is 13.2. The van der Waals surface area contributed by atoms with Crippen LogP contribution in [-0.2, 0) is 12.8 Å². The Balaban J connectivity index is 2.16. The molecule has 0 spiro atoms. The molecule has 0 aromatic carbocycles. The SMILES string of the molecule is Cc1cc(N)nc(SCc2c(Cl)c(C)nn2C)n1. The summed E-state index contributed by atoms with van der Waals surface area (Å²) in [4.78, 5) is 8.49. The number of rotatable bonds is 3. The molecule has 96 valence electrons. The number of nitrogens with two attached hydrogens (primary N) is 1. The summed E-state index contributed by atoms with van der Waals surface area (Å²) >= 11 is 7.68. The minimum atomic E-state index is 0.484. The fourth-order valence-corrected chi connectivity index (χ4v) is 2.88. The molecule has 5 nitrogen and oxygen atoms in total. The molecule has 0 radical (unpaired) electrons. The topological polar surface area (TPSA) is 69.6 Å². The number of nitrogen functional groups attached to an aromatic ring is 1. The lowest BCUT2D eigenvalue weighted by Gasteiger charge is -2.04. The minimum absolute atomic E-state index is 0.484. The van der Waals surface area contributed by atoms with Crippen LogP contribution in [0.4, 0.5) is 5.82 Å². The van der Waals surface area contributed by atoms with Crippen LogP contribution in [0.2, 0.25) is 5.02 Å². The molecule has 0 aliphatic rings. The predicted molar refractivity (Wildman–Crippen MR) is 73.7 cm³/mol. The first-order valence-corrected chi connectivity index (χ1v) is 6.75. The fraction of sp³-hybridized carbons (Fsp3) is 0.364. The van der Waals surface area contributed by atoms with Crippen LogP contribution in [0.5, 0.6) is 0 Å². The van der Waals surface area contributed by atoms with E-state index >= 15 is 0 Å². The lowest BCUT2D eigenvalue weighted by atomic mass is 10.4. The number of aryl methyl sites for hydroxylation is 3. The summed E-state index contributed by atoms with van der Waals surface area (Å²) in [6.07, 6.45) is 0. The quantitative estimate of drug-likeness (QED) is 0.692. The van der Waals surface area contributed by atoms with E-state index in [0.29, 0.717) is 21.7 Å². The van der Waals surface area contributed by atoms with Crippen LogP contribution in [0.3, 0.4) is 0 Å². The molecule has 0 amide bonds. The van der Waals surface area contributed by atoms with Gasteiger partial charge in [-0.3, -0.25) is 4.68 Å². The molecule has 0 atom stereocenters. The van der Waals surface area contributed by atoms with Crippen molar-refractivity contribution in [1.29, 1.82) is 0 Å². The molecule has 2 rings (SSSR count). The second-order valence-corrected chi connectivity index (χ2v) is 5.30. The van der Waals surface area contributed by atoms with E-state index in [1.54, 1.807) is 10.7 Å². The van der Waals surface area contributed by atoms with Crippen molar-refractivity contribution in [3.8, 4) is 0 Å². The summed E-state index contributed by atoms with van der Waals surface area (Å²) in [5.74, 6) is 1.15. The van der Waals surface area contributed by atoms with Gasteiger partial charge in [0, 0.05) is 24.6 Å². The third-order valence-corrected chi connectivity index (χ3v) is 3.80. The van der Waals surface area contributed by atoms with Crippen molar-refractivity contribution >= 4 is 29.2 Å². The second-order valence-electron chi connectivity index (χ2n) is 3.98. The summed E-state index contributed by atoms with van der Waals surface area (Å²) in [7, 11) is 1.88. The largest absolute Gasteiger partial charge is 0.384 e. The van der Waals surface area contributed by atoms with Crippen LogP contribution < -0.4 is 5.73 Å². The fourth-order valence-electron chi connectivity index (χ4n) is 1.60. The van der Waals surface area contributed by atoms with Gasteiger partial charge in [-0.1, -0.05) is 23.4 Å². The Morgan fingerprint density at radius 2 is 2.11 bits per heavy atom. The molecular weight excluding hydrogens is 270 g/mol. The van der Waals surface area contributed by atoms with E-state index in [4.69, 9.17) is 17.3 Å². The van der Waals surface area contributed by atoms with Gasteiger partial charge in [0.15, 0.2) is 5.16 Å². The maximum absolute atomic E-state index is 6.18. The molecule has 2 aromatic heterocycles. The van der Waals surface area contributed by atoms with Gasteiger partial charge >= 0.3 is 0 Å². The lowest BCUT2D eigenvalue weighted by molar-refractivity contribution is 0.727. The van der Waals surface area contributed by atoms with Crippen molar-refractivity contribution < 1.29 is 0 Å². The van der Waals surface area contributed by atoms with Crippen molar-refractivity contribution in [2.75, 3.05) is 5.73 Å². The van der Waals surface area contributed by atoms with Crippen LogP contribution in [0, 0.1) is 13.8 Å². The van der Waals surface area contributed by atoms with E-state index in [2.05, 4.69) is 15.1 Å². The van der Waals surface area contributed by atoms with Crippen molar-refractivity contribution in [3.63, 3.8) is 0 Å². The van der Waals surface area contributed by atoms with Gasteiger partial charge in [0.05, 0.1) is 16.4 Å². The van der Waals surface area contributed by atoms with Crippen molar-refractivity contribution in [1.82, 2.24) is 19.7 Å². The lowest BCUT2D eigenvalue weighted by Crippen LogP contribution is -1.99. The van der Waals surface area contributed by atoms with Crippen LogP contribution >= 0.6 is 23.4 Å². The summed E-state index contributed by atoms with van der Waals surface area (Å²) in [5, 5.41) is 5.62. The molecule has 0 aliphatic carbocycles. The summed E-state index contributed by atoms with van der Waals surface area (Å²) < 4.78 is 1.78. The predicted octanol–water partition coefficient (Wildman–Crippen LogP) is 2.35.